The number of aliphatic carboxylic acids is 2. The zero-order valence-electron chi connectivity index (χ0n) is 14.0. The van der Waals surface area contributed by atoms with Crippen molar-refractivity contribution in [1.82, 2.24) is 10.3 Å². The van der Waals surface area contributed by atoms with E-state index in [2.05, 4.69) is 15.6 Å². The number of anilines is 1. The molecule has 1 atom stereocenters. The number of carboxylic acids is 2. The normalized spacial score (nSPS) is 11.4. The smallest absolute Gasteiger partial charge is 0.326 e. The summed E-state index contributed by atoms with van der Waals surface area (Å²) in [4.78, 5) is 49.8. The fourth-order valence-corrected chi connectivity index (χ4v) is 2.84. The molecule has 1 aromatic carbocycles. The number of amides is 2. The predicted molar refractivity (Wildman–Crippen MR) is 96.6 cm³/mol. The Balaban J connectivity index is 1.93. The lowest BCUT2D eigenvalue weighted by atomic mass is 10.1. The van der Waals surface area contributed by atoms with Crippen LogP contribution in [0.15, 0.2) is 35.7 Å². The van der Waals surface area contributed by atoms with Gasteiger partial charge in [0.15, 0.2) is 5.13 Å². The summed E-state index contributed by atoms with van der Waals surface area (Å²) >= 11 is 1.03. The van der Waals surface area contributed by atoms with E-state index in [1.807, 2.05) is 30.3 Å². The molecule has 2 aromatic rings. The topological polar surface area (TPSA) is 146 Å². The molecular formula is C17H17N3O6S. The molecule has 0 aliphatic rings. The summed E-state index contributed by atoms with van der Waals surface area (Å²) in [7, 11) is 0. The maximum absolute atomic E-state index is 12.1. The van der Waals surface area contributed by atoms with Crippen molar-refractivity contribution in [3.8, 4) is 0 Å². The van der Waals surface area contributed by atoms with Crippen LogP contribution in [0.4, 0.5) is 5.13 Å². The van der Waals surface area contributed by atoms with E-state index in [1.54, 1.807) is 0 Å². The fraction of sp³-hybridized carbons (Fsp3) is 0.235. The minimum absolute atomic E-state index is 0.0587. The van der Waals surface area contributed by atoms with E-state index in [0.717, 1.165) is 16.9 Å². The highest BCUT2D eigenvalue weighted by Crippen LogP contribution is 2.16. The van der Waals surface area contributed by atoms with Crippen molar-refractivity contribution in [3.63, 3.8) is 0 Å². The molecule has 4 N–H and O–H groups in total. The number of nitrogens with zero attached hydrogens (tertiary/aromatic N) is 1. The molecule has 2 rings (SSSR count). The Hall–Kier alpha value is -3.27. The van der Waals surface area contributed by atoms with Gasteiger partial charge in [-0.3, -0.25) is 14.4 Å². The largest absolute Gasteiger partial charge is 0.481 e. The average molecular weight is 391 g/mol. The van der Waals surface area contributed by atoms with Crippen molar-refractivity contribution in [1.29, 1.82) is 0 Å². The van der Waals surface area contributed by atoms with E-state index in [-0.39, 0.29) is 29.6 Å². The highest BCUT2D eigenvalue weighted by atomic mass is 32.1. The zero-order chi connectivity index (χ0) is 19.8. The molecule has 9 nitrogen and oxygen atoms in total. The molecule has 0 saturated heterocycles. The molecule has 142 valence electrons. The van der Waals surface area contributed by atoms with Gasteiger partial charge in [0.05, 0.1) is 6.42 Å². The third-order valence-electron chi connectivity index (χ3n) is 3.44. The number of benzene rings is 1. The van der Waals surface area contributed by atoms with Gasteiger partial charge in [-0.15, -0.1) is 11.3 Å². The van der Waals surface area contributed by atoms with Crippen LogP contribution < -0.4 is 10.6 Å². The summed E-state index contributed by atoms with van der Waals surface area (Å²) in [5.41, 5.74) is 0.767. The Bertz CT molecular complexity index is 836. The number of aromatic nitrogens is 1. The van der Waals surface area contributed by atoms with Gasteiger partial charge >= 0.3 is 11.9 Å². The minimum Gasteiger partial charge on any atom is -0.481 e. The monoisotopic (exact) mass is 391 g/mol. The molecule has 1 unspecified atom stereocenters. The number of nitrogens with one attached hydrogen (secondary N) is 2. The molecule has 0 spiro atoms. The maximum Gasteiger partial charge on any atom is 0.326 e. The number of carbonyl (C=O) groups is 4. The molecule has 27 heavy (non-hydrogen) atoms. The van der Waals surface area contributed by atoms with Gasteiger partial charge in [-0.2, -0.15) is 0 Å². The zero-order valence-corrected chi connectivity index (χ0v) is 14.9. The SMILES string of the molecule is O=C(O)CCC(NC(=O)c1csc(NC(=O)Cc2ccccc2)n1)C(=O)O. The summed E-state index contributed by atoms with van der Waals surface area (Å²) < 4.78 is 0. The first-order chi connectivity index (χ1) is 12.8. The van der Waals surface area contributed by atoms with Crippen molar-refractivity contribution in [3.05, 3.63) is 47.0 Å². The number of carboxylic acid groups (broad SMARTS) is 2. The molecule has 10 heteroatoms. The van der Waals surface area contributed by atoms with E-state index < -0.39 is 30.3 Å². The van der Waals surface area contributed by atoms with Gasteiger partial charge in [0.1, 0.15) is 11.7 Å². The van der Waals surface area contributed by atoms with Crippen molar-refractivity contribution in [2.24, 2.45) is 0 Å². The first-order valence-electron chi connectivity index (χ1n) is 7.90. The lowest BCUT2D eigenvalue weighted by molar-refractivity contribution is -0.140. The van der Waals surface area contributed by atoms with Crippen LogP contribution in [-0.4, -0.2) is 45.0 Å². The second-order valence-corrected chi connectivity index (χ2v) is 6.40. The molecular weight excluding hydrogens is 374 g/mol. The van der Waals surface area contributed by atoms with Crippen molar-refractivity contribution in [2.75, 3.05) is 5.32 Å². The van der Waals surface area contributed by atoms with E-state index in [0.29, 0.717) is 0 Å². The van der Waals surface area contributed by atoms with Crippen LogP contribution in [0.25, 0.3) is 0 Å². The second kappa shape index (κ2) is 9.43. The van der Waals surface area contributed by atoms with Crippen LogP contribution >= 0.6 is 11.3 Å². The Kier molecular flexibility index (Phi) is 7.00. The maximum atomic E-state index is 12.1. The van der Waals surface area contributed by atoms with Crippen LogP contribution in [-0.2, 0) is 20.8 Å². The Morgan fingerprint density at radius 1 is 1.11 bits per heavy atom. The standard InChI is InChI=1S/C17H17N3O6S/c21-13(8-10-4-2-1-3-5-10)20-17-19-12(9-27-17)15(24)18-11(16(25)26)6-7-14(22)23/h1-5,9,11H,6-8H2,(H,18,24)(H,22,23)(H,25,26)(H,19,20,21). The summed E-state index contributed by atoms with van der Waals surface area (Å²) in [6, 6.07) is 7.75. The van der Waals surface area contributed by atoms with E-state index >= 15 is 0 Å². The van der Waals surface area contributed by atoms with Crippen LogP contribution in [0.2, 0.25) is 0 Å². The van der Waals surface area contributed by atoms with E-state index in [1.165, 1.54) is 5.38 Å². The highest BCUT2D eigenvalue weighted by Gasteiger charge is 2.23. The lowest BCUT2D eigenvalue weighted by Gasteiger charge is -2.12. The summed E-state index contributed by atoms with van der Waals surface area (Å²) in [6.45, 7) is 0. The van der Waals surface area contributed by atoms with Crippen LogP contribution in [0.3, 0.4) is 0 Å². The van der Waals surface area contributed by atoms with Gasteiger partial charge in [0.2, 0.25) is 5.91 Å². The minimum atomic E-state index is -1.34. The van der Waals surface area contributed by atoms with Crippen molar-refractivity contribution < 1.29 is 29.4 Å². The second-order valence-electron chi connectivity index (χ2n) is 5.55. The van der Waals surface area contributed by atoms with Gasteiger partial charge in [-0.25, -0.2) is 9.78 Å². The van der Waals surface area contributed by atoms with E-state index in [9.17, 15) is 19.2 Å². The number of carbonyl (C=O) groups excluding carboxylic acids is 2. The molecule has 2 amide bonds. The van der Waals surface area contributed by atoms with Crippen molar-refractivity contribution in [2.45, 2.75) is 25.3 Å². The van der Waals surface area contributed by atoms with Crippen LogP contribution in [0.1, 0.15) is 28.9 Å². The Morgan fingerprint density at radius 2 is 1.81 bits per heavy atom. The van der Waals surface area contributed by atoms with Crippen LogP contribution in [0.5, 0.6) is 0 Å². The predicted octanol–water partition coefficient (Wildman–Crippen LogP) is 1.37. The van der Waals surface area contributed by atoms with Gasteiger partial charge < -0.3 is 20.8 Å². The molecule has 0 saturated carbocycles. The molecule has 1 heterocycles. The third-order valence-corrected chi connectivity index (χ3v) is 4.20. The Labute approximate surface area is 158 Å². The third kappa shape index (κ3) is 6.51. The van der Waals surface area contributed by atoms with E-state index in [4.69, 9.17) is 10.2 Å². The fourth-order valence-electron chi connectivity index (χ4n) is 2.14. The highest BCUT2D eigenvalue weighted by molar-refractivity contribution is 7.14. The first-order valence-corrected chi connectivity index (χ1v) is 8.78. The van der Waals surface area contributed by atoms with Gasteiger partial charge in [-0.05, 0) is 12.0 Å². The van der Waals surface area contributed by atoms with Crippen LogP contribution in [0, 0.1) is 0 Å². The molecule has 0 aliphatic heterocycles. The molecule has 0 radical (unpaired) electrons. The molecule has 1 aromatic heterocycles. The molecule has 0 bridgehead atoms. The van der Waals surface area contributed by atoms with Gasteiger partial charge in [0, 0.05) is 11.8 Å². The summed E-state index contributed by atoms with van der Waals surface area (Å²) in [6.07, 6.45) is -0.492. The molecule has 0 aliphatic carbocycles. The quantitative estimate of drug-likeness (QED) is 0.505. The van der Waals surface area contributed by atoms with Gasteiger partial charge in [0.25, 0.3) is 5.91 Å². The van der Waals surface area contributed by atoms with Gasteiger partial charge in [-0.1, -0.05) is 30.3 Å². The number of rotatable bonds is 9. The first kappa shape index (κ1) is 20.0. The lowest BCUT2D eigenvalue weighted by Crippen LogP contribution is -2.41. The number of hydrogen-bond acceptors (Lipinski definition) is 6. The number of thiazole rings is 1. The summed E-state index contributed by atoms with van der Waals surface area (Å²) in [5, 5.41) is 24.1. The summed E-state index contributed by atoms with van der Waals surface area (Å²) in [5.74, 6) is -3.55. The Morgan fingerprint density at radius 3 is 2.44 bits per heavy atom. The number of hydrogen-bond donors (Lipinski definition) is 4. The average Bonchev–Trinajstić information content (AvgIpc) is 3.07. The van der Waals surface area contributed by atoms with Crippen molar-refractivity contribution >= 4 is 40.2 Å². The molecule has 0 fully saturated rings.